The van der Waals surface area contributed by atoms with Gasteiger partial charge in [-0.15, -0.1) is 0 Å². The Hall–Kier alpha value is -2.73. The molecule has 0 saturated carbocycles. The standard InChI is InChI=1S/C18H15N3O2S/c1-12-8-9-14-15(10-12)19-16-11-17(13-6-4-3-5-7-13)21(18(16)20-14)24(2,22)23/h3-11H,1-2H3. The smallest absolute Gasteiger partial charge is 0.237 e. The molecule has 0 saturated heterocycles. The molecule has 0 N–H and O–H groups in total. The first kappa shape index (κ1) is 14.8. The third-order valence-electron chi connectivity index (χ3n) is 3.91. The van der Waals surface area contributed by atoms with Crippen LogP contribution in [0.1, 0.15) is 5.56 Å². The fraction of sp³-hybridized carbons (Fsp3) is 0.111. The Bertz CT molecular complexity index is 1180. The fourth-order valence-electron chi connectivity index (χ4n) is 2.86. The van der Waals surface area contributed by atoms with Crippen LogP contribution in [0.4, 0.5) is 0 Å². The van der Waals surface area contributed by atoms with Crippen molar-refractivity contribution >= 4 is 32.2 Å². The molecule has 0 aliphatic heterocycles. The van der Waals surface area contributed by atoms with Crippen LogP contribution >= 0.6 is 0 Å². The van der Waals surface area contributed by atoms with Crippen molar-refractivity contribution in [3.8, 4) is 11.3 Å². The van der Waals surface area contributed by atoms with Crippen LogP contribution in [-0.4, -0.2) is 28.6 Å². The molecule has 2 aromatic carbocycles. The Morgan fingerprint density at radius 1 is 0.875 bits per heavy atom. The number of aromatic nitrogens is 3. The highest BCUT2D eigenvalue weighted by Crippen LogP contribution is 2.29. The van der Waals surface area contributed by atoms with Crippen LogP contribution in [0.3, 0.4) is 0 Å². The van der Waals surface area contributed by atoms with Gasteiger partial charge >= 0.3 is 0 Å². The van der Waals surface area contributed by atoms with Gasteiger partial charge in [-0.05, 0) is 36.2 Å². The van der Waals surface area contributed by atoms with E-state index in [9.17, 15) is 8.42 Å². The van der Waals surface area contributed by atoms with Gasteiger partial charge in [-0.3, -0.25) is 0 Å². The summed E-state index contributed by atoms with van der Waals surface area (Å²) < 4.78 is 26.0. The minimum Gasteiger partial charge on any atom is -0.243 e. The predicted octanol–water partition coefficient (Wildman–Crippen LogP) is 3.37. The van der Waals surface area contributed by atoms with Crippen LogP contribution in [0, 0.1) is 6.92 Å². The van der Waals surface area contributed by atoms with E-state index in [1.165, 1.54) is 10.2 Å². The predicted molar refractivity (Wildman–Crippen MR) is 95.4 cm³/mol. The van der Waals surface area contributed by atoms with Crippen molar-refractivity contribution in [3.63, 3.8) is 0 Å². The molecule has 0 bridgehead atoms. The molecule has 120 valence electrons. The van der Waals surface area contributed by atoms with E-state index in [2.05, 4.69) is 9.97 Å². The van der Waals surface area contributed by atoms with Crippen molar-refractivity contribution in [3.05, 3.63) is 60.2 Å². The Labute approximate surface area is 139 Å². The average molecular weight is 337 g/mol. The van der Waals surface area contributed by atoms with Crippen molar-refractivity contribution in [2.24, 2.45) is 0 Å². The van der Waals surface area contributed by atoms with E-state index < -0.39 is 10.0 Å². The average Bonchev–Trinajstić information content (AvgIpc) is 2.92. The number of hydrogen-bond donors (Lipinski definition) is 0. The monoisotopic (exact) mass is 337 g/mol. The SMILES string of the molecule is Cc1ccc2nc3c(cc(-c4ccccc4)n3S(C)(=O)=O)nc2c1. The molecule has 5 nitrogen and oxygen atoms in total. The highest BCUT2D eigenvalue weighted by atomic mass is 32.2. The number of benzene rings is 2. The number of fused-ring (bicyclic) bond motifs is 2. The molecule has 0 atom stereocenters. The summed E-state index contributed by atoms with van der Waals surface area (Å²) in [7, 11) is -3.53. The van der Waals surface area contributed by atoms with E-state index in [0.29, 0.717) is 22.4 Å². The second-order valence-electron chi connectivity index (χ2n) is 5.85. The molecule has 0 aliphatic rings. The fourth-order valence-corrected chi connectivity index (χ4v) is 3.83. The Morgan fingerprint density at radius 3 is 2.33 bits per heavy atom. The Kier molecular flexibility index (Phi) is 3.18. The van der Waals surface area contributed by atoms with Gasteiger partial charge in [0.25, 0.3) is 0 Å². The summed E-state index contributed by atoms with van der Waals surface area (Å²) in [6, 6.07) is 16.9. The van der Waals surface area contributed by atoms with Gasteiger partial charge in [0.2, 0.25) is 10.0 Å². The molecular weight excluding hydrogens is 322 g/mol. The van der Waals surface area contributed by atoms with Crippen LogP contribution in [0.2, 0.25) is 0 Å². The summed E-state index contributed by atoms with van der Waals surface area (Å²) in [5, 5.41) is 0. The van der Waals surface area contributed by atoms with Gasteiger partial charge in [-0.25, -0.2) is 22.4 Å². The Morgan fingerprint density at radius 2 is 1.62 bits per heavy atom. The summed E-state index contributed by atoms with van der Waals surface area (Å²) in [6.45, 7) is 1.99. The van der Waals surface area contributed by atoms with Crippen LogP contribution < -0.4 is 0 Å². The molecular formula is C18H15N3O2S. The Balaban J connectivity index is 2.14. The first-order chi connectivity index (χ1) is 11.4. The molecule has 4 rings (SSSR count). The normalized spacial score (nSPS) is 12.1. The molecule has 0 fully saturated rings. The van der Waals surface area contributed by atoms with Gasteiger partial charge in [-0.2, -0.15) is 0 Å². The third kappa shape index (κ3) is 2.35. The summed E-state index contributed by atoms with van der Waals surface area (Å²) >= 11 is 0. The quantitative estimate of drug-likeness (QED) is 0.562. The molecule has 4 aromatic rings. The van der Waals surface area contributed by atoms with Crippen LogP contribution in [0.15, 0.2) is 54.6 Å². The molecule has 2 aromatic heterocycles. The maximum Gasteiger partial charge on any atom is 0.237 e. The lowest BCUT2D eigenvalue weighted by atomic mass is 10.1. The second-order valence-corrected chi connectivity index (χ2v) is 7.68. The van der Waals surface area contributed by atoms with Gasteiger partial charge in [-0.1, -0.05) is 36.4 Å². The summed E-state index contributed by atoms with van der Waals surface area (Å²) in [4.78, 5) is 9.16. The van der Waals surface area contributed by atoms with Crippen molar-refractivity contribution in [2.45, 2.75) is 6.92 Å². The highest BCUT2D eigenvalue weighted by Gasteiger charge is 2.20. The van der Waals surface area contributed by atoms with E-state index in [0.717, 1.165) is 16.6 Å². The maximum atomic E-state index is 12.4. The summed E-state index contributed by atoms with van der Waals surface area (Å²) in [6.07, 6.45) is 1.18. The summed E-state index contributed by atoms with van der Waals surface area (Å²) in [5.41, 5.74) is 4.82. The largest absolute Gasteiger partial charge is 0.243 e. The van der Waals surface area contributed by atoms with Gasteiger partial charge in [0.1, 0.15) is 5.52 Å². The number of aryl methyl sites for hydroxylation is 1. The zero-order valence-electron chi connectivity index (χ0n) is 13.3. The van der Waals surface area contributed by atoms with E-state index >= 15 is 0 Å². The number of nitrogens with zero attached hydrogens (tertiary/aromatic N) is 3. The molecule has 6 heteroatoms. The lowest BCUT2D eigenvalue weighted by Crippen LogP contribution is -2.12. The zero-order valence-corrected chi connectivity index (χ0v) is 14.1. The highest BCUT2D eigenvalue weighted by molar-refractivity contribution is 7.89. The zero-order chi connectivity index (χ0) is 16.9. The van der Waals surface area contributed by atoms with E-state index in [1.807, 2.05) is 55.5 Å². The van der Waals surface area contributed by atoms with Crippen molar-refractivity contribution in [2.75, 3.05) is 6.26 Å². The molecule has 24 heavy (non-hydrogen) atoms. The number of rotatable bonds is 2. The van der Waals surface area contributed by atoms with Crippen molar-refractivity contribution < 1.29 is 8.42 Å². The lowest BCUT2D eigenvalue weighted by molar-refractivity contribution is 0.595. The molecule has 0 amide bonds. The second kappa shape index (κ2) is 5.14. The van der Waals surface area contributed by atoms with Gasteiger partial charge in [0.05, 0.1) is 23.0 Å². The first-order valence-corrected chi connectivity index (χ1v) is 9.34. The molecule has 0 radical (unpaired) electrons. The topological polar surface area (TPSA) is 64.8 Å². The first-order valence-electron chi connectivity index (χ1n) is 7.49. The van der Waals surface area contributed by atoms with Gasteiger partial charge < -0.3 is 0 Å². The van der Waals surface area contributed by atoms with Crippen LogP contribution in [0.5, 0.6) is 0 Å². The third-order valence-corrected chi connectivity index (χ3v) is 4.95. The minimum absolute atomic E-state index is 0.354. The van der Waals surface area contributed by atoms with E-state index in [1.54, 1.807) is 6.07 Å². The molecule has 0 unspecified atom stereocenters. The summed E-state index contributed by atoms with van der Waals surface area (Å²) in [5.74, 6) is 0. The molecule has 0 aliphatic carbocycles. The molecule has 0 spiro atoms. The number of hydrogen-bond acceptors (Lipinski definition) is 4. The van der Waals surface area contributed by atoms with Gasteiger partial charge in [0.15, 0.2) is 5.65 Å². The van der Waals surface area contributed by atoms with E-state index in [-0.39, 0.29) is 0 Å². The van der Waals surface area contributed by atoms with E-state index in [4.69, 9.17) is 0 Å². The maximum absolute atomic E-state index is 12.4. The van der Waals surface area contributed by atoms with Crippen LogP contribution in [-0.2, 0) is 10.0 Å². The molecule has 2 heterocycles. The van der Waals surface area contributed by atoms with Crippen molar-refractivity contribution in [1.29, 1.82) is 0 Å². The lowest BCUT2D eigenvalue weighted by Gasteiger charge is -2.08. The minimum atomic E-state index is -3.53. The van der Waals surface area contributed by atoms with Crippen molar-refractivity contribution in [1.82, 2.24) is 13.9 Å². The van der Waals surface area contributed by atoms with Crippen LogP contribution in [0.25, 0.3) is 33.5 Å². The van der Waals surface area contributed by atoms with Gasteiger partial charge in [0, 0.05) is 0 Å².